The van der Waals surface area contributed by atoms with Gasteiger partial charge in [0, 0.05) is 19.1 Å². The number of halogens is 2. The van der Waals surface area contributed by atoms with Gasteiger partial charge in [-0.15, -0.1) is 24.8 Å². The molecule has 2 fully saturated rings. The van der Waals surface area contributed by atoms with Crippen molar-refractivity contribution in [2.75, 3.05) is 26.2 Å². The van der Waals surface area contributed by atoms with E-state index in [1.165, 1.54) is 32.4 Å². The highest BCUT2D eigenvalue weighted by atomic mass is 35.5. The third-order valence-corrected chi connectivity index (χ3v) is 3.77. The lowest BCUT2D eigenvalue weighted by atomic mass is 10.1. The van der Waals surface area contributed by atoms with E-state index in [1.807, 2.05) is 4.90 Å². The van der Waals surface area contributed by atoms with Crippen molar-refractivity contribution in [1.82, 2.24) is 9.80 Å². The summed E-state index contributed by atoms with van der Waals surface area (Å²) in [6.07, 6.45) is 5.12. The van der Waals surface area contributed by atoms with Crippen LogP contribution in [0.4, 0.5) is 0 Å². The molecule has 0 saturated carbocycles. The molecule has 2 saturated heterocycles. The van der Waals surface area contributed by atoms with E-state index in [0.717, 1.165) is 19.5 Å². The fourth-order valence-electron chi connectivity index (χ4n) is 2.81. The molecule has 2 aliphatic heterocycles. The molecule has 0 spiro atoms. The zero-order valence-electron chi connectivity index (χ0n) is 11.0. The number of carbonyl (C=O) groups excluding carboxylic acids is 1. The monoisotopic (exact) mass is 297 g/mol. The van der Waals surface area contributed by atoms with Crippen molar-refractivity contribution in [3.8, 4) is 0 Å². The van der Waals surface area contributed by atoms with E-state index in [1.54, 1.807) is 6.92 Å². The molecular formula is C12H25Cl2N3O. The van der Waals surface area contributed by atoms with Gasteiger partial charge in [0.1, 0.15) is 0 Å². The molecule has 2 atom stereocenters. The van der Waals surface area contributed by atoms with Crippen molar-refractivity contribution in [1.29, 1.82) is 0 Å². The van der Waals surface area contributed by atoms with Gasteiger partial charge in [-0.3, -0.25) is 9.69 Å². The van der Waals surface area contributed by atoms with Crippen LogP contribution in [-0.2, 0) is 4.79 Å². The van der Waals surface area contributed by atoms with E-state index in [4.69, 9.17) is 5.73 Å². The second kappa shape index (κ2) is 8.20. The highest BCUT2D eigenvalue weighted by Crippen LogP contribution is 2.20. The number of carbonyl (C=O) groups is 1. The summed E-state index contributed by atoms with van der Waals surface area (Å²) in [6, 6.07) is 0.239. The van der Waals surface area contributed by atoms with Gasteiger partial charge in [0.05, 0.1) is 6.04 Å². The number of piperidine rings is 1. The van der Waals surface area contributed by atoms with Crippen LogP contribution in [0.3, 0.4) is 0 Å². The quantitative estimate of drug-likeness (QED) is 0.835. The first-order valence-electron chi connectivity index (χ1n) is 6.47. The molecule has 2 aliphatic rings. The molecule has 18 heavy (non-hydrogen) atoms. The molecule has 2 N–H and O–H groups in total. The zero-order chi connectivity index (χ0) is 11.5. The Morgan fingerprint density at radius 1 is 1.17 bits per heavy atom. The molecule has 108 valence electrons. The Morgan fingerprint density at radius 3 is 2.33 bits per heavy atom. The lowest BCUT2D eigenvalue weighted by molar-refractivity contribution is -0.131. The largest absolute Gasteiger partial charge is 0.340 e. The molecule has 0 aromatic rings. The Bertz CT molecular complexity index is 258. The van der Waals surface area contributed by atoms with Crippen molar-refractivity contribution in [2.24, 2.45) is 5.73 Å². The molecule has 2 rings (SSSR count). The Balaban J connectivity index is 0.00000144. The average Bonchev–Trinajstić information content (AvgIpc) is 2.78. The average molecular weight is 298 g/mol. The van der Waals surface area contributed by atoms with E-state index < -0.39 is 0 Å². The first kappa shape index (κ1) is 18.0. The summed E-state index contributed by atoms with van der Waals surface area (Å²) in [4.78, 5) is 16.2. The van der Waals surface area contributed by atoms with Gasteiger partial charge in [0.15, 0.2) is 0 Å². The molecular weight excluding hydrogens is 273 g/mol. The normalized spacial score (nSPS) is 26.1. The molecule has 1 unspecified atom stereocenters. The summed E-state index contributed by atoms with van der Waals surface area (Å²) in [5, 5.41) is 0. The lowest BCUT2D eigenvalue weighted by Crippen LogP contribution is -2.44. The van der Waals surface area contributed by atoms with Gasteiger partial charge >= 0.3 is 0 Å². The number of amides is 1. The summed E-state index contributed by atoms with van der Waals surface area (Å²) < 4.78 is 0. The number of likely N-dealkylation sites (tertiary alicyclic amines) is 2. The van der Waals surface area contributed by atoms with Crippen LogP contribution < -0.4 is 5.73 Å². The number of nitrogens with zero attached hydrogens (tertiary/aromatic N) is 2. The number of hydrogen-bond donors (Lipinski definition) is 1. The maximum absolute atomic E-state index is 11.8. The van der Waals surface area contributed by atoms with Gasteiger partial charge in [0.25, 0.3) is 0 Å². The van der Waals surface area contributed by atoms with Crippen LogP contribution in [0.2, 0.25) is 0 Å². The number of nitrogens with two attached hydrogens (primary N) is 1. The molecule has 1 amide bonds. The first-order valence-corrected chi connectivity index (χ1v) is 6.47. The van der Waals surface area contributed by atoms with E-state index >= 15 is 0 Å². The maximum atomic E-state index is 11.8. The second-order valence-corrected chi connectivity index (χ2v) is 5.11. The lowest BCUT2D eigenvalue weighted by Gasteiger charge is -2.32. The van der Waals surface area contributed by atoms with E-state index in [0.29, 0.717) is 6.04 Å². The van der Waals surface area contributed by atoms with Crippen LogP contribution in [-0.4, -0.2) is 54.0 Å². The molecule has 0 aromatic heterocycles. The van der Waals surface area contributed by atoms with Crippen LogP contribution >= 0.6 is 24.8 Å². The smallest absolute Gasteiger partial charge is 0.239 e. The minimum absolute atomic E-state index is 0. The Labute approximate surface area is 122 Å². The maximum Gasteiger partial charge on any atom is 0.239 e. The number of rotatable bonds is 2. The molecule has 0 radical (unpaired) electrons. The Morgan fingerprint density at radius 2 is 1.78 bits per heavy atom. The van der Waals surface area contributed by atoms with Gasteiger partial charge in [-0.25, -0.2) is 0 Å². The predicted octanol–water partition coefficient (Wildman–Crippen LogP) is 1.26. The van der Waals surface area contributed by atoms with Crippen molar-refractivity contribution < 1.29 is 4.79 Å². The fraction of sp³-hybridized carbons (Fsp3) is 0.917. The van der Waals surface area contributed by atoms with Crippen LogP contribution in [0.1, 0.15) is 32.6 Å². The Hall–Kier alpha value is -0.0300. The molecule has 0 aliphatic carbocycles. The molecule has 2 heterocycles. The van der Waals surface area contributed by atoms with Crippen molar-refractivity contribution >= 4 is 30.7 Å². The van der Waals surface area contributed by atoms with Crippen LogP contribution in [0, 0.1) is 0 Å². The van der Waals surface area contributed by atoms with Crippen molar-refractivity contribution in [3.63, 3.8) is 0 Å². The summed E-state index contributed by atoms with van der Waals surface area (Å²) in [5.74, 6) is 0.111. The number of hydrogen-bond acceptors (Lipinski definition) is 3. The molecule has 0 aromatic carbocycles. The second-order valence-electron chi connectivity index (χ2n) is 5.11. The van der Waals surface area contributed by atoms with Gasteiger partial charge < -0.3 is 10.6 Å². The van der Waals surface area contributed by atoms with Crippen LogP contribution in [0.5, 0.6) is 0 Å². The van der Waals surface area contributed by atoms with Crippen LogP contribution in [0.25, 0.3) is 0 Å². The topological polar surface area (TPSA) is 49.6 Å². The standard InChI is InChI=1S/C12H23N3O.2ClH/c1-10(13)12(16)15-8-5-11(9-15)14-6-3-2-4-7-14;;/h10-11H,2-9,13H2,1H3;2*1H/t10-,11?;;/m1../s1. The van der Waals surface area contributed by atoms with Gasteiger partial charge in [-0.1, -0.05) is 6.42 Å². The molecule has 6 heteroatoms. The van der Waals surface area contributed by atoms with Crippen molar-refractivity contribution in [3.05, 3.63) is 0 Å². The van der Waals surface area contributed by atoms with Gasteiger partial charge in [0.2, 0.25) is 5.91 Å². The highest BCUT2D eigenvalue weighted by Gasteiger charge is 2.31. The highest BCUT2D eigenvalue weighted by molar-refractivity contribution is 5.85. The summed E-state index contributed by atoms with van der Waals surface area (Å²) in [5.41, 5.74) is 5.63. The Kier molecular flexibility index (Phi) is 8.19. The van der Waals surface area contributed by atoms with Gasteiger partial charge in [-0.05, 0) is 39.3 Å². The fourth-order valence-corrected chi connectivity index (χ4v) is 2.81. The summed E-state index contributed by atoms with van der Waals surface area (Å²) in [6.45, 7) is 5.98. The third-order valence-electron chi connectivity index (χ3n) is 3.77. The first-order chi connectivity index (χ1) is 7.68. The SMILES string of the molecule is C[C@@H](N)C(=O)N1CCC(N2CCCCC2)C1.Cl.Cl. The van der Waals surface area contributed by atoms with E-state index in [-0.39, 0.29) is 36.8 Å². The predicted molar refractivity (Wildman–Crippen MR) is 78.6 cm³/mol. The van der Waals surface area contributed by atoms with Crippen LogP contribution in [0.15, 0.2) is 0 Å². The third kappa shape index (κ3) is 4.26. The zero-order valence-corrected chi connectivity index (χ0v) is 12.6. The van der Waals surface area contributed by atoms with Gasteiger partial charge in [-0.2, -0.15) is 0 Å². The van der Waals surface area contributed by atoms with E-state index in [2.05, 4.69) is 4.90 Å². The molecule has 0 bridgehead atoms. The van der Waals surface area contributed by atoms with E-state index in [9.17, 15) is 4.79 Å². The summed E-state index contributed by atoms with van der Waals surface area (Å²) in [7, 11) is 0. The molecule has 4 nitrogen and oxygen atoms in total. The van der Waals surface area contributed by atoms with Crippen molar-refractivity contribution in [2.45, 2.75) is 44.7 Å². The summed E-state index contributed by atoms with van der Waals surface area (Å²) >= 11 is 0. The minimum Gasteiger partial charge on any atom is -0.340 e. The minimum atomic E-state index is -0.347.